The molecule has 3 rings (SSSR count). The maximum atomic E-state index is 11.6. The van der Waals surface area contributed by atoms with Crippen LogP contribution in [0.15, 0.2) is 60.0 Å². The highest BCUT2D eigenvalue weighted by Gasteiger charge is 2.01. The number of fused-ring (bicyclic) bond motifs is 1. The van der Waals surface area contributed by atoms with Crippen LogP contribution in [0.5, 0.6) is 0 Å². The minimum Gasteiger partial charge on any atom is -0.445 e. The maximum Gasteiger partial charge on any atom is 0.407 e. The first-order chi connectivity index (χ1) is 11.8. The number of rotatable bonds is 4. The highest BCUT2D eigenvalue weighted by atomic mass is 32.1. The predicted molar refractivity (Wildman–Crippen MR) is 97.9 cm³/mol. The topological polar surface area (TPSA) is 38.3 Å². The zero-order valence-corrected chi connectivity index (χ0v) is 13.9. The van der Waals surface area contributed by atoms with Crippen molar-refractivity contribution in [1.82, 2.24) is 5.32 Å². The molecule has 0 saturated carbocycles. The third-order valence-corrected chi connectivity index (χ3v) is 4.33. The monoisotopic (exact) mass is 335 g/mol. The maximum absolute atomic E-state index is 11.6. The van der Waals surface area contributed by atoms with Gasteiger partial charge in [-0.15, -0.1) is 11.3 Å². The summed E-state index contributed by atoms with van der Waals surface area (Å²) in [5.74, 6) is 6.27. The van der Waals surface area contributed by atoms with Crippen LogP contribution in [-0.2, 0) is 11.3 Å². The van der Waals surface area contributed by atoms with Gasteiger partial charge in [0.15, 0.2) is 0 Å². The number of thiophene rings is 1. The highest BCUT2D eigenvalue weighted by molar-refractivity contribution is 7.17. The molecule has 0 spiro atoms. The molecule has 0 saturated heterocycles. The quantitative estimate of drug-likeness (QED) is 0.560. The van der Waals surface area contributed by atoms with Crippen molar-refractivity contribution >= 4 is 27.5 Å². The molecule has 0 aliphatic heterocycles. The standard InChI is InChI=1S/C20H17NO2S/c22-20(23-15-16-7-2-1-3-8-16)21-13-5-4-9-17-10-6-11-19-18(17)12-14-24-19/h1-3,6-8,10-12,14H,5,13,15H2,(H,21,22). The van der Waals surface area contributed by atoms with Crippen molar-refractivity contribution in [3.8, 4) is 11.8 Å². The van der Waals surface area contributed by atoms with E-state index in [-0.39, 0.29) is 6.61 Å². The minimum absolute atomic E-state index is 0.276. The first-order valence-corrected chi connectivity index (χ1v) is 8.60. The van der Waals surface area contributed by atoms with Gasteiger partial charge in [-0.2, -0.15) is 0 Å². The number of hydrogen-bond donors (Lipinski definition) is 1. The van der Waals surface area contributed by atoms with Crippen LogP contribution in [0.3, 0.4) is 0 Å². The lowest BCUT2D eigenvalue weighted by Crippen LogP contribution is -2.24. The Balaban J connectivity index is 1.43. The van der Waals surface area contributed by atoms with E-state index in [1.54, 1.807) is 11.3 Å². The van der Waals surface area contributed by atoms with E-state index in [2.05, 4.69) is 34.7 Å². The lowest BCUT2D eigenvalue weighted by molar-refractivity contribution is 0.140. The first-order valence-electron chi connectivity index (χ1n) is 7.72. The molecule has 1 heterocycles. The fourth-order valence-corrected chi connectivity index (χ4v) is 3.07. The zero-order valence-electron chi connectivity index (χ0n) is 13.1. The van der Waals surface area contributed by atoms with E-state index in [0.29, 0.717) is 13.0 Å². The van der Waals surface area contributed by atoms with E-state index in [1.807, 2.05) is 42.5 Å². The van der Waals surface area contributed by atoms with Crippen LogP contribution in [-0.4, -0.2) is 12.6 Å². The molecule has 1 aromatic heterocycles. The van der Waals surface area contributed by atoms with Gasteiger partial charge in [0.25, 0.3) is 0 Å². The van der Waals surface area contributed by atoms with Crippen molar-refractivity contribution in [2.45, 2.75) is 13.0 Å². The molecule has 0 aliphatic rings. The molecule has 3 nitrogen and oxygen atoms in total. The molecule has 0 fully saturated rings. The number of amides is 1. The largest absolute Gasteiger partial charge is 0.445 e. The molecule has 0 bridgehead atoms. The fourth-order valence-electron chi connectivity index (χ4n) is 2.26. The Labute approximate surface area is 145 Å². The minimum atomic E-state index is -0.416. The molecule has 0 radical (unpaired) electrons. The third-order valence-electron chi connectivity index (χ3n) is 3.45. The van der Waals surface area contributed by atoms with Crippen LogP contribution in [0, 0.1) is 11.8 Å². The van der Waals surface area contributed by atoms with Gasteiger partial charge in [-0.05, 0) is 29.1 Å². The van der Waals surface area contributed by atoms with Gasteiger partial charge in [-0.25, -0.2) is 4.79 Å². The summed E-state index contributed by atoms with van der Waals surface area (Å²) in [5.41, 5.74) is 2.00. The fraction of sp³-hybridized carbons (Fsp3) is 0.150. The van der Waals surface area contributed by atoms with E-state index in [4.69, 9.17) is 4.74 Å². The molecule has 4 heteroatoms. The van der Waals surface area contributed by atoms with Crippen molar-refractivity contribution in [2.24, 2.45) is 0 Å². The lowest BCUT2D eigenvalue weighted by Gasteiger charge is -2.05. The van der Waals surface area contributed by atoms with Gasteiger partial charge in [0.2, 0.25) is 0 Å². The molecule has 120 valence electrons. The summed E-state index contributed by atoms with van der Waals surface area (Å²) < 4.78 is 6.38. The van der Waals surface area contributed by atoms with Crippen molar-refractivity contribution in [2.75, 3.05) is 6.54 Å². The smallest absolute Gasteiger partial charge is 0.407 e. The van der Waals surface area contributed by atoms with Crippen LogP contribution in [0.1, 0.15) is 17.5 Å². The van der Waals surface area contributed by atoms with Crippen molar-refractivity contribution in [1.29, 1.82) is 0 Å². The van der Waals surface area contributed by atoms with E-state index in [1.165, 1.54) is 10.1 Å². The van der Waals surface area contributed by atoms with Gasteiger partial charge < -0.3 is 10.1 Å². The third kappa shape index (κ3) is 4.37. The zero-order chi connectivity index (χ0) is 16.6. The summed E-state index contributed by atoms with van der Waals surface area (Å²) in [4.78, 5) is 11.6. The Morgan fingerprint density at radius 2 is 1.96 bits per heavy atom. The van der Waals surface area contributed by atoms with Crippen LogP contribution in [0.2, 0.25) is 0 Å². The number of benzene rings is 2. The molecule has 3 aromatic rings. The molecule has 0 unspecified atom stereocenters. The van der Waals surface area contributed by atoms with Gasteiger partial charge >= 0.3 is 6.09 Å². The average molecular weight is 335 g/mol. The first kappa shape index (κ1) is 16.1. The number of hydrogen-bond acceptors (Lipinski definition) is 3. The summed E-state index contributed by atoms with van der Waals surface area (Å²) in [6.07, 6.45) is 0.168. The van der Waals surface area contributed by atoms with E-state index in [9.17, 15) is 4.79 Å². The molecule has 24 heavy (non-hydrogen) atoms. The number of carbonyl (C=O) groups excluding carboxylic acids is 1. The second-order valence-corrected chi connectivity index (χ2v) is 6.13. The molecule has 0 aliphatic carbocycles. The highest BCUT2D eigenvalue weighted by Crippen LogP contribution is 2.23. The Bertz CT molecular complexity index is 875. The molecular formula is C20H17NO2S. The summed E-state index contributed by atoms with van der Waals surface area (Å²) in [6, 6.07) is 17.8. The summed E-state index contributed by atoms with van der Waals surface area (Å²) in [5, 5.41) is 5.96. The van der Waals surface area contributed by atoms with Gasteiger partial charge in [0, 0.05) is 28.6 Å². The SMILES string of the molecule is O=C(NCCC#Cc1cccc2sccc12)OCc1ccccc1. The van der Waals surface area contributed by atoms with E-state index >= 15 is 0 Å². The Morgan fingerprint density at radius 1 is 1.08 bits per heavy atom. The van der Waals surface area contributed by atoms with Crippen LogP contribution < -0.4 is 5.32 Å². The normalized spacial score (nSPS) is 10.0. The molecule has 2 aromatic carbocycles. The number of carbonyl (C=O) groups is 1. The number of alkyl carbamates (subject to hydrolysis) is 1. The van der Waals surface area contributed by atoms with Crippen LogP contribution in [0.4, 0.5) is 4.79 Å². The van der Waals surface area contributed by atoms with E-state index < -0.39 is 6.09 Å². The van der Waals surface area contributed by atoms with Crippen molar-refractivity contribution in [3.05, 3.63) is 71.1 Å². The molecule has 1 amide bonds. The Morgan fingerprint density at radius 3 is 2.83 bits per heavy atom. The van der Waals surface area contributed by atoms with Crippen molar-refractivity contribution in [3.63, 3.8) is 0 Å². The summed E-state index contributed by atoms with van der Waals surface area (Å²) in [6.45, 7) is 0.749. The lowest BCUT2D eigenvalue weighted by atomic mass is 10.1. The molecule has 1 N–H and O–H groups in total. The summed E-state index contributed by atoms with van der Waals surface area (Å²) >= 11 is 1.71. The number of nitrogens with one attached hydrogen (secondary N) is 1. The molecular weight excluding hydrogens is 318 g/mol. The van der Waals surface area contributed by atoms with E-state index in [0.717, 1.165) is 11.1 Å². The van der Waals surface area contributed by atoms with Gasteiger partial charge in [-0.1, -0.05) is 48.2 Å². The van der Waals surface area contributed by atoms with Crippen LogP contribution >= 0.6 is 11.3 Å². The second-order valence-electron chi connectivity index (χ2n) is 5.18. The Hall–Kier alpha value is -2.77. The average Bonchev–Trinajstić information content (AvgIpc) is 3.10. The second kappa shape index (κ2) is 8.19. The molecule has 0 atom stereocenters. The van der Waals surface area contributed by atoms with Gasteiger partial charge in [0.1, 0.15) is 6.61 Å². The number of ether oxygens (including phenoxy) is 1. The van der Waals surface area contributed by atoms with Gasteiger partial charge in [0.05, 0.1) is 0 Å². The van der Waals surface area contributed by atoms with Crippen molar-refractivity contribution < 1.29 is 9.53 Å². The Kier molecular flexibility index (Phi) is 5.49. The predicted octanol–water partition coefficient (Wildman–Crippen LogP) is 4.57. The summed E-state index contributed by atoms with van der Waals surface area (Å²) in [7, 11) is 0. The van der Waals surface area contributed by atoms with Crippen LogP contribution in [0.25, 0.3) is 10.1 Å². The van der Waals surface area contributed by atoms with Gasteiger partial charge in [-0.3, -0.25) is 0 Å².